The van der Waals surface area contributed by atoms with Gasteiger partial charge < -0.3 is 9.47 Å². The molecule has 2 aromatic heterocycles. The highest BCUT2D eigenvalue weighted by Gasteiger charge is 2.30. The molecule has 5 nitrogen and oxygen atoms in total. The van der Waals surface area contributed by atoms with E-state index in [-0.39, 0.29) is 5.91 Å². The Labute approximate surface area is 145 Å². The van der Waals surface area contributed by atoms with Gasteiger partial charge in [0.2, 0.25) is 0 Å². The Balaban J connectivity index is 1.27. The number of rotatable bonds is 2. The Hall–Kier alpha value is -1.69. The van der Waals surface area contributed by atoms with Gasteiger partial charge in [-0.1, -0.05) is 0 Å². The fraction of sp³-hybridized carbons (Fsp3) is 0.611. The normalized spacial score (nSPS) is 20.4. The third-order valence-electron chi connectivity index (χ3n) is 5.74. The molecule has 1 saturated heterocycles. The van der Waals surface area contributed by atoms with Gasteiger partial charge >= 0.3 is 0 Å². The summed E-state index contributed by atoms with van der Waals surface area (Å²) < 4.78 is 2.31. The number of thiophene rings is 1. The fourth-order valence-corrected chi connectivity index (χ4v) is 5.63. The monoisotopic (exact) mass is 342 g/mol. The molecular formula is C18H22N4OS. The smallest absolute Gasteiger partial charge is 0.263 e. The number of hydrogen-bond acceptors (Lipinski definition) is 4. The Kier molecular flexibility index (Phi) is 3.47. The van der Waals surface area contributed by atoms with Gasteiger partial charge in [-0.25, -0.2) is 0 Å². The minimum atomic E-state index is 0.235. The van der Waals surface area contributed by atoms with E-state index in [9.17, 15) is 4.79 Å². The van der Waals surface area contributed by atoms with Crippen molar-refractivity contribution in [1.29, 1.82) is 0 Å². The van der Waals surface area contributed by atoms with Crippen LogP contribution in [-0.4, -0.2) is 38.7 Å². The lowest BCUT2D eigenvalue weighted by molar-refractivity contribution is 0.0715. The van der Waals surface area contributed by atoms with E-state index in [4.69, 9.17) is 0 Å². The number of piperidine rings is 1. The quantitative estimate of drug-likeness (QED) is 0.843. The largest absolute Gasteiger partial charge is 0.338 e. The summed E-state index contributed by atoms with van der Waals surface area (Å²) in [7, 11) is 0. The lowest BCUT2D eigenvalue weighted by atomic mass is 9.95. The maximum Gasteiger partial charge on any atom is 0.263 e. The average Bonchev–Trinajstić information content (AvgIpc) is 3.34. The summed E-state index contributed by atoms with van der Waals surface area (Å²) in [5.41, 5.74) is 1.41. The van der Waals surface area contributed by atoms with Crippen LogP contribution in [0.1, 0.15) is 63.4 Å². The number of aromatic nitrogens is 3. The first-order valence-electron chi connectivity index (χ1n) is 9.12. The van der Waals surface area contributed by atoms with E-state index in [0.717, 1.165) is 68.3 Å². The summed E-state index contributed by atoms with van der Waals surface area (Å²) in [5.74, 6) is 3.00. The van der Waals surface area contributed by atoms with Crippen LogP contribution in [0.25, 0.3) is 0 Å². The van der Waals surface area contributed by atoms with Gasteiger partial charge in [0.25, 0.3) is 5.91 Å². The number of hydrogen-bond donors (Lipinski definition) is 0. The lowest BCUT2D eigenvalue weighted by Crippen LogP contribution is -2.38. The second kappa shape index (κ2) is 5.69. The van der Waals surface area contributed by atoms with E-state index in [1.165, 1.54) is 23.3 Å². The van der Waals surface area contributed by atoms with Crippen LogP contribution in [0.15, 0.2) is 6.07 Å². The molecule has 4 heterocycles. The summed E-state index contributed by atoms with van der Waals surface area (Å²) in [6.07, 6.45) is 7.84. The van der Waals surface area contributed by atoms with Gasteiger partial charge in [0.05, 0.1) is 4.88 Å². The van der Waals surface area contributed by atoms with Crippen LogP contribution in [0.3, 0.4) is 0 Å². The molecule has 0 N–H and O–H groups in total. The number of fused-ring (bicyclic) bond motifs is 2. The van der Waals surface area contributed by atoms with Gasteiger partial charge in [-0.2, -0.15) is 0 Å². The molecule has 0 saturated carbocycles. The fourth-order valence-electron chi connectivity index (χ4n) is 4.41. The van der Waals surface area contributed by atoms with Crippen LogP contribution in [0.4, 0.5) is 0 Å². The van der Waals surface area contributed by atoms with Crippen LogP contribution in [0.2, 0.25) is 0 Å². The zero-order valence-electron chi connectivity index (χ0n) is 13.8. The maximum absolute atomic E-state index is 12.8. The number of likely N-dealkylation sites (tertiary alicyclic amines) is 1. The second-order valence-corrected chi connectivity index (χ2v) is 8.35. The number of aryl methyl sites for hydroxylation is 3. The van der Waals surface area contributed by atoms with Crippen molar-refractivity contribution in [3.05, 3.63) is 33.0 Å². The van der Waals surface area contributed by atoms with Crippen molar-refractivity contribution in [3.63, 3.8) is 0 Å². The van der Waals surface area contributed by atoms with Crippen LogP contribution in [0, 0.1) is 0 Å². The standard InChI is InChI=1S/C18H22N4OS/c23-18(15-11-13-3-1-4-14(13)24-15)21-9-6-12(7-10-21)17-20-19-16-5-2-8-22(16)17/h11-12H,1-10H2. The highest BCUT2D eigenvalue weighted by atomic mass is 32.1. The molecule has 5 rings (SSSR count). The van der Waals surface area contributed by atoms with Gasteiger partial charge in [-0.05, 0) is 50.2 Å². The SMILES string of the molecule is O=C(c1cc2c(s1)CCC2)N1CCC(c2nnc3n2CCC3)CC1. The number of nitrogens with zero attached hydrogens (tertiary/aromatic N) is 4. The van der Waals surface area contributed by atoms with Gasteiger partial charge in [-0.15, -0.1) is 21.5 Å². The average molecular weight is 342 g/mol. The molecule has 0 bridgehead atoms. The highest BCUT2D eigenvalue weighted by molar-refractivity contribution is 7.14. The van der Waals surface area contributed by atoms with Crippen molar-refractivity contribution in [3.8, 4) is 0 Å². The molecule has 0 atom stereocenters. The summed E-state index contributed by atoms with van der Waals surface area (Å²) in [4.78, 5) is 17.2. The first-order valence-corrected chi connectivity index (χ1v) is 9.94. The number of carbonyl (C=O) groups is 1. The molecule has 1 fully saturated rings. The zero-order chi connectivity index (χ0) is 16.1. The zero-order valence-corrected chi connectivity index (χ0v) is 14.6. The van der Waals surface area contributed by atoms with E-state index >= 15 is 0 Å². The predicted octanol–water partition coefficient (Wildman–Crippen LogP) is 2.79. The Morgan fingerprint density at radius 2 is 1.96 bits per heavy atom. The van der Waals surface area contributed by atoms with Crippen molar-refractivity contribution in [2.45, 2.75) is 57.4 Å². The molecule has 1 aliphatic carbocycles. The predicted molar refractivity (Wildman–Crippen MR) is 92.6 cm³/mol. The first-order chi connectivity index (χ1) is 11.8. The summed E-state index contributed by atoms with van der Waals surface area (Å²) >= 11 is 1.72. The molecule has 0 radical (unpaired) electrons. The van der Waals surface area contributed by atoms with E-state index in [2.05, 4.69) is 20.8 Å². The van der Waals surface area contributed by atoms with E-state index in [0.29, 0.717) is 5.92 Å². The summed E-state index contributed by atoms with van der Waals surface area (Å²) in [6.45, 7) is 2.75. The topological polar surface area (TPSA) is 51.0 Å². The Morgan fingerprint density at radius 1 is 1.08 bits per heavy atom. The van der Waals surface area contributed by atoms with E-state index < -0.39 is 0 Å². The molecule has 24 heavy (non-hydrogen) atoms. The molecule has 0 spiro atoms. The van der Waals surface area contributed by atoms with Crippen LogP contribution in [0.5, 0.6) is 0 Å². The summed E-state index contributed by atoms with van der Waals surface area (Å²) in [6, 6.07) is 2.15. The molecule has 0 unspecified atom stereocenters. The molecule has 126 valence electrons. The summed E-state index contributed by atoms with van der Waals surface area (Å²) in [5, 5.41) is 8.77. The van der Waals surface area contributed by atoms with Gasteiger partial charge in [0.15, 0.2) is 0 Å². The van der Waals surface area contributed by atoms with Gasteiger partial charge in [-0.3, -0.25) is 4.79 Å². The molecular weight excluding hydrogens is 320 g/mol. The molecule has 1 amide bonds. The van der Waals surface area contributed by atoms with E-state index in [1.807, 2.05) is 4.90 Å². The van der Waals surface area contributed by atoms with E-state index in [1.54, 1.807) is 11.3 Å². The van der Waals surface area contributed by atoms with Crippen molar-refractivity contribution >= 4 is 17.2 Å². The Morgan fingerprint density at radius 3 is 2.79 bits per heavy atom. The molecule has 3 aliphatic rings. The molecule has 2 aliphatic heterocycles. The third kappa shape index (κ3) is 2.31. The minimum absolute atomic E-state index is 0.235. The van der Waals surface area contributed by atoms with Crippen molar-refractivity contribution in [1.82, 2.24) is 19.7 Å². The first kappa shape index (κ1) is 14.6. The number of carbonyl (C=O) groups excluding carboxylic acids is 1. The van der Waals surface area contributed by atoms with Crippen molar-refractivity contribution in [2.24, 2.45) is 0 Å². The van der Waals surface area contributed by atoms with Gasteiger partial charge in [0.1, 0.15) is 11.6 Å². The molecule has 2 aromatic rings. The van der Waals surface area contributed by atoms with Gasteiger partial charge in [0, 0.05) is 36.9 Å². The Bertz CT molecular complexity index is 764. The van der Waals surface area contributed by atoms with Crippen molar-refractivity contribution < 1.29 is 4.79 Å². The molecule has 0 aromatic carbocycles. The van der Waals surface area contributed by atoms with Crippen LogP contribution >= 0.6 is 11.3 Å². The second-order valence-electron chi connectivity index (χ2n) is 7.21. The minimum Gasteiger partial charge on any atom is -0.338 e. The number of amides is 1. The third-order valence-corrected chi connectivity index (χ3v) is 6.97. The highest BCUT2D eigenvalue weighted by Crippen LogP contribution is 2.33. The molecule has 6 heteroatoms. The maximum atomic E-state index is 12.8. The van der Waals surface area contributed by atoms with Crippen LogP contribution < -0.4 is 0 Å². The lowest BCUT2D eigenvalue weighted by Gasteiger charge is -2.31. The van der Waals surface area contributed by atoms with Crippen molar-refractivity contribution in [2.75, 3.05) is 13.1 Å². The van der Waals surface area contributed by atoms with Crippen LogP contribution in [-0.2, 0) is 25.8 Å².